The van der Waals surface area contributed by atoms with Gasteiger partial charge in [0.25, 0.3) is 5.56 Å². The fourth-order valence-electron chi connectivity index (χ4n) is 4.94. The Balaban J connectivity index is 1.52. The summed E-state index contributed by atoms with van der Waals surface area (Å²) in [5.41, 5.74) is 5.14. The topological polar surface area (TPSA) is 60.5 Å². The maximum Gasteiger partial charge on any atom is 0.258 e. The summed E-state index contributed by atoms with van der Waals surface area (Å²) in [7, 11) is 0. The minimum atomic E-state index is -0.237. The van der Waals surface area contributed by atoms with Gasteiger partial charge in [0.2, 0.25) is 0 Å². The molecule has 0 fully saturated rings. The van der Waals surface area contributed by atoms with Gasteiger partial charge in [-0.2, -0.15) is 5.10 Å². The molecule has 5 aromatic rings. The number of nitrogens with zero attached hydrogens (tertiary/aromatic N) is 2. The van der Waals surface area contributed by atoms with Gasteiger partial charge in [-0.05, 0) is 65.8 Å². The smallest absolute Gasteiger partial charge is 0.258 e. The molecule has 4 aromatic carbocycles. The van der Waals surface area contributed by atoms with Crippen LogP contribution in [0.25, 0.3) is 22.0 Å². The minimum Gasteiger partial charge on any atom is -0.331 e. The highest BCUT2D eigenvalue weighted by atomic mass is 35.5. The second kappa shape index (κ2) is 10.7. The summed E-state index contributed by atoms with van der Waals surface area (Å²) in [6.07, 6.45) is 0.466. The van der Waals surface area contributed by atoms with Crippen molar-refractivity contribution in [3.05, 3.63) is 135 Å². The number of fused-ring (bicyclic) bond motifs is 1. The van der Waals surface area contributed by atoms with E-state index in [2.05, 4.69) is 10.3 Å². The van der Waals surface area contributed by atoms with Gasteiger partial charge in [0.1, 0.15) is 0 Å². The fourth-order valence-corrected chi connectivity index (χ4v) is 5.52. The summed E-state index contributed by atoms with van der Waals surface area (Å²) in [5.74, 6) is 0. The molecule has 5 nitrogen and oxygen atoms in total. The summed E-state index contributed by atoms with van der Waals surface area (Å²) < 4.78 is 0. The van der Waals surface area contributed by atoms with E-state index in [9.17, 15) is 4.79 Å². The van der Waals surface area contributed by atoms with E-state index in [0.717, 1.165) is 27.8 Å². The van der Waals surface area contributed by atoms with E-state index >= 15 is 0 Å². The average molecular weight is 570 g/mol. The van der Waals surface area contributed by atoms with E-state index < -0.39 is 0 Å². The number of H-pyrrole nitrogens is 1. The van der Waals surface area contributed by atoms with Crippen molar-refractivity contribution >= 4 is 62.8 Å². The lowest BCUT2D eigenvalue weighted by atomic mass is 9.91. The van der Waals surface area contributed by atoms with E-state index in [1.54, 1.807) is 11.1 Å². The zero-order valence-electron chi connectivity index (χ0n) is 20.6. The van der Waals surface area contributed by atoms with Gasteiger partial charge in [0.15, 0.2) is 5.11 Å². The lowest BCUT2D eigenvalue weighted by Crippen LogP contribution is -2.31. The van der Waals surface area contributed by atoms with E-state index in [1.807, 2.05) is 97.1 Å². The Kier molecular flexibility index (Phi) is 6.92. The molecular weight excluding hydrogens is 547 g/mol. The predicted octanol–water partition coefficient (Wildman–Crippen LogP) is 8.05. The van der Waals surface area contributed by atoms with Crippen LogP contribution in [0.5, 0.6) is 0 Å². The summed E-state index contributed by atoms with van der Waals surface area (Å²) in [6.45, 7) is 0. The highest BCUT2D eigenvalue weighted by Crippen LogP contribution is 2.38. The van der Waals surface area contributed by atoms with Gasteiger partial charge in [0.05, 0.1) is 17.3 Å². The number of pyridine rings is 1. The first-order valence-corrected chi connectivity index (χ1v) is 13.5. The van der Waals surface area contributed by atoms with Crippen molar-refractivity contribution in [3.8, 4) is 11.1 Å². The summed E-state index contributed by atoms with van der Waals surface area (Å²) >= 11 is 18.4. The van der Waals surface area contributed by atoms with Crippen LogP contribution >= 0.6 is 35.4 Å². The molecule has 192 valence electrons. The second-order valence-electron chi connectivity index (χ2n) is 9.22. The highest BCUT2D eigenvalue weighted by molar-refractivity contribution is 7.80. The summed E-state index contributed by atoms with van der Waals surface area (Å²) in [5, 5.41) is 12.5. The third-order valence-corrected chi connectivity index (χ3v) is 7.50. The number of aromatic amines is 1. The lowest BCUT2D eigenvalue weighted by molar-refractivity contribution is 0.375. The van der Waals surface area contributed by atoms with Crippen molar-refractivity contribution in [1.82, 2.24) is 9.99 Å². The van der Waals surface area contributed by atoms with Gasteiger partial charge in [-0.15, -0.1) is 0 Å². The number of hydrazone groups is 1. The maximum absolute atomic E-state index is 13.7. The monoisotopic (exact) mass is 568 g/mol. The van der Waals surface area contributed by atoms with Crippen LogP contribution in [0.3, 0.4) is 0 Å². The van der Waals surface area contributed by atoms with Crippen LogP contribution in [0.2, 0.25) is 10.0 Å². The molecule has 1 aliphatic rings. The molecule has 6 rings (SSSR count). The zero-order valence-corrected chi connectivity index (χ0v) is 22.9. The molecular formula is C31H22Cl2N4OS. The van der Waals surface area contributed by atoms with Crippen molar-refractivity contribution in [2.75, 3.05) is 5.32 Å². The first-order valence-electron chi connectivity index (χ1n) is 12.4. The second-order valence-corrected chi connectivity index (χ2v) is 10.5. The largest absolute Gasteiger partial charge is 0.331 e. The molecule has 1 atom stereocenters. The first-order chi connectivity index (χ1) is 19.0. The van der Waals surface area contributed by atoms with Crippen molar-refractivity contribution in [1.29, 1.82) is 0 Å². The third kappa shape index (κ3) is 5.06. The number of halogens is 2. The molecule has 0 saturated carbocycles. The number of para-hydroxylation sites is 1. The fraction of sp³-hybridized carbons (Fsp3) is 0.0645. The average Bonchev–Trinajstić information content (AvgIpc) is 3.39. The van der Waals surface area contributed by atoms with Crippen LogP contribution in [-0.2, 0) is 0 Å². The van der Waals surface area contributed by atoms with Crippen molar-refractivity contribution in [2.24, 2.45) is 5.10 Å². The van der Waals surface area contributed by atoms with Crippen LogP contribution in [0.4, 0.5) is 5.69 Å². The third-order valence-electron chi connectivity index (χ3n) is 6.73. The molecule has 0 saturated heterocycles. The van der Waals surface area contributed by atoms with E-state index in [4.69, 9.17) is 40.5 Å². The molecule has 1 unspecified atom stereocenters. The molecule has 2 heterocycles. The Bertz CT molecular complexity index is 1770. The lowest BCUT2D eigenvalue weighted by Gasteiger charge is -2.25. The normalized spacial score (nSPS) is 14.9. The van der Waals surface area contributed by atoms with Gasteiger partial charge in [0, 0.05) is 38.6 Å². The number of aromatic nitrogens is 1. The molecule has 0 aliphatic carbocycles. The zero-order chi connectivity index (χ0) is 26.9. The van der Waals surface area contributed by atoms with Gasteiger partial charge < -0.3 is 10.3 Å². The number of rotatable bonds is 4. The van der Waals surface area contributed by atoms with E-state index in [-0.39, 0.29) is 11.6 Å². The molecule has 0 spiro atoms. The van der Waals surface area contributed by atoms with Crippen LogP contribution in [0.1, 0.15) is 23.6 Å². The van der Waals surface area contributed by atoms with E-state index in [0.29, 0.717) is 38.4 Å². The summed E-state index contributed by atoms with van der Waals surface area (Å²) in [6, 6.07) is 32.4. The van der Waals surface area contributed by atoms with Gasteiger partial charge in [-0.1, -0.05) is 83.9 Å². The van der Waals surface area contributed by atoms with Crippen LogP contribution in [-0.4, -0.2) is 20.8 Å². The van der Waals surface area contributed by atoms with Gasteiger partial charge >= 0.3 is 0 Å². The molecule has 0 radical (unpaired) electrons. The Hall–Kier alpha value is -3.97. The first kappa shape index (κ1) is 25.3. The van der Waals surface area contributed by atoms with Gasteiger partial charge in [-0.3, -0.25) is 4.79 Å². The van der Waals surface area contributed by atoms with Crippen molar-refractivity contribution in [3.63, 3.8) is 0 Å². The molecule has 0 amide bonds. The number of anilines is 1. The SMILES string of the molecule is O=c1[nH]c2ccc(Cl)cc2c(-c2ccccc2)c1C1=NN(C(=S)Nc2ccccc2)C(c2ccc(Cl)cc2)C1. The maximum atomic E-state index is 13.7. The highest BCUT2D eigenvalue weighted by Gasteiger charge is 2.34. The predicted molar refractivity (Wildman–Crippen MR) is 165 cm³/mol. The Morgan fingerprint density at radius 1 is 0.872 bits per heavy atom. The Labute approximate surface area is 240 Å². The quantitative estimate of drug-likeness (QED) is 0.215. The van der Waals surface area contributed by atoms with Crippen molar-refractivity contribution < 1.29 is 0 Å². The Morgan fingerprint density at radius 2 is 1.54 bits per heavy atom. The molecule has 8 heteroatoms. The molecule has 0 bridgehead atoms. The van der Waals surface area contributed by atoms with Crippen LogP contribution < -0.4 is 10.9 Å². The van der Waals surface area contributed by atoms with Gasteiger partial charge in [-0.25, -0.2) is 5.01 Å². The number of thiocarbonyl (C=S) groups is 1. The van der Waals surface area contributed by atoms with Crippen LogP contribution in [0, 0.1) is 0 Å². The molecule has 1 aromatic heterocycles. The molecule has 1 aliphatic heterocycles. The summed E-state index contributed by atoms with van der Waals surface area (Å²) in [4.78, 5) is 16.7. The number of hydrogen-bond donors (Lipinski definition) is 2. The standard InChI is InChI=1S/C31H22Cl2N4OS/c32-21-13-11-19(12-14-21)27-18-26(36-37(27)31(39)34-23-9-5-2-6-10-23)29-28(20-7-3-1-4-8-20)24-17-22(33)15-16-25(24)35-30(29)38/h1-17,27H,18H2,(H,34,39)(H,35,38). The van der Waals surface area contributed by atoms with E-state index in [1.165, 1.54) is 0 Å². The Morgan fingerprint density at radius 3 is 2.26 bits per heavy atom. The van der Waals surface area contributed by atoms with Crippen LogP contribution in [0.15, 0.2) is 113 Å². The number of nitrogens with one attached hydrogen (secondary N) is 2. The van der Waals surface area contributed by atoms with Crippen molar-refractivity contribution in [2.45, 2.75) is 12.5 Å². The number of hydrogen-bond acceptors (Lipinski definition) is 3. The minimum absolute atomic E-state index is 0.221. The molecule has 2 N–H and O–H groups in total. The molecule has 39 heavy (non-hydrogen) atoms. The number of benzene rings is 4.